The van der Waals surface area contributed by atoms with E-state index in [1.54, 1.807) is 13.1 Å². The molecule has 2 N–H and O–H groups in total. The van der Waals surface area contributed by atoms with Gasteiger partial charge in [-0.2, -0.15) is 0 Å². The smallest absolute Gasteiger partial charge is 0.148 e. The van der Waals surface area contributed by atoms with Gasteiger partial charge in [-0.3, -0.25) is 0 Å². The van der Waals surface area contributed by atoms with Gasteiger partial charge in [-0.05, 0) is 6.08 Å². The fourth-order valence-corrected chi connectivity index (χ4v) is 0.621. The first-order valence-electron chi connectivity index (χ1n) is 2.88. The molecule has 1 heterocycles. The van der Waals surface area contributed by atoms with Crippen LogP contribution < -0.4 is 10.9 Å². The molecule has 1 aromatic heterocycles. The van der Waals surface area contributed by atoms with Crippen LogP contribution in [0.1, 0.15) is 5.69 Å². The minimum Gasteiger partial charge on any atom is -0.362 e. The molecule has 0 aromatic carbocycles. The van der Waals surface area contributed by atoms with E-state index in [1.807, 2.05) is 0 Å². The normalized spacial score (nSPS) is 9.30. The lowest BCUT2D eigenvalue weighted by molar-refractivity contribution is 0.418. The van der Waals surface area contributed by atoms with Gasteiger partial charge in [0.05, 0.1) is 0 Å². The number of hydrazine groups is 1. The molecule has 0 bridgehead atoms. The van der Waals surface area contributed by atoms with E-state index in [-0.39, 0.29) is 0 Å². The minimum atomic E-state index is 0.703. The third-order valence-corrected chi connectivity index (χ3v) is 1.05. The number of nitrogens with one attached hydrogen (secondary N) is 2. The van der Waals surface area contributed by atoms with Crippen LogP contribution in [-0.2, 0) is 0 Å². The number of hydrogen-bond acceptors (Lipinski definition) is 4. The van der Waals surface area contributed by atoms with E-state index in [9.17, 15) is 0 Å². The number of anilines is 1. The van der Waals surface area contributed by atoms with Gasteiger partial charge in [0.15, 0.2) is 0 Å². The van der Waals surface area contributed by atoms with Gasteiger partial charge in [0, 0.05) is 7.05 Å². The molecule has 54 valence electrons. The molecule has 1 aromatic rings. The molecule has 0 unspecified atom stereocenters. The van der Waals surface area contributed by atoms with Gasteiger partial charge in [0.2, 0.25) is 0 Å². The second kappa shape index (κ2) is 3.03. The van der Waals surface area contributed by atoms with E-state index in [4.69, 9.17) is 0 Å². The van der Waals surface area contributed by atoms with Crippen LogP contribution in [0.3, 0.4) is 0 Å². The monoisotopic (exact) mass is 139 g/mol. The molecule has 0 aliphatic carbocycles. The summed E-state index contributed by atoms with van der Waals surface area (Å²) in [6.45, 7) is 3.56. The Balaban J connectivity index is 2.79. The van der Waals surface area contributed by atoms with Crippen molar-refractivity contribution in [2.45, 2.75) is 0 Å². The van der Waals surface area contributed by atoms with Gasteiger partial charge >= 0.3 is 0 Å². The third kappa shape index (κ3) is 1.16. The number of aromatic nitrogens is 1. The zero-order valence-electron chi connectivity index (χ0n) is 5.72. The minimum absolute atomic E-state index is 0.703. The van der Waals surface area contributed by atoms with Crippen molar-refractivity contribution in [3.63, 3.8) is 0 Å². The van der Waals surface area contributed by atoms with Crippen molar-refractivity contribution >= 4 is 11.8 Å². The summed E-state index contributed by atoms with van der Waals surface area (Å²) in [5, 5.41) is 3.66. The first-order chi connectivity index (χ1) is 4.88. The van der Waals surface area contributed by atoms with E-state index in [1.165, 1.54) is 6.26 Å². The average molecular weight is 139 g/mol. The number of nitrogens with zero attached hydrogens (tertiary/aromatic N) is 1. The van der Waals surface area contributed by atoms with Crippen molar-refractivity contribution < 1.29 is 4.52 Å². The predicted octanol–water partition coefficient (Wildman–Crippen LogP) is 0.864. The zero-order valence-corrected chi connectivity index (χ0v) is 5.72. The third-order valence-electron chi connectivity index (χ3n) is 1.05. The first-order valence-corrected chi connectivity index (χ1v) is 2.88. The highest BCUT2D eigenvalue weighted by Crippen LogP contribution is 2.12. The van der Waals surface area contributed by atoms with Crippen LogP contribution in [0, 0.1) is 0 Å². The Morgan fingerprint density at radius 1 is 1.80 bits per heavy atom. The Labute approximate surface area is 58.9 Å². The van der Waals surface area contributed by atoms with Crippen LogP contribution in [0.2, 0.25) is 0 Å². The molecule has 0 aliphatic heterocycles. The molecule has 0 amide bonds. The molecule has 0 radical (unpaired) electrons. The van der Waals surface area contributed by atoms with E-state index < -0.39 is 0 Å². The molecule has 0 saturated heterocycles. The molecular weight excluding hydrogens is 130 g/mol. The van der Waals surface area contributed by atoms with Crippen LogP contribution in [0.15, 0.2) is 17.4 Å². The SMILES string of the molecule is C=Cc1nocc1NNC. The molecule has 4 nitrogen and oxygen atoms in total. The lowest BCUT2D eigenvalue weighted by Crippen LogP contribution is -2.14. The van der Waals surface area contributed by atoms with Crippen molar-refractivity contribution in [2.24, 2.45) is 0 Å². The Morgan fingerprint density at radius 2 is 2.60 bits per heavy atom. The van der Waals surface area contributed by atoms with E-state index in [0.29, 0.717) is 5.69 Å². The highest BCUT2D eigenvalue weighted by Gasteiger charge is 2.00. The molecule has 1 rings (SSSR count). The fraction of sp³-hybridized carbons (Fsp3) is 0.167. The topological polar surface area (TPSA) is 50.1 Å². The Morgan fingerprint density at radius 3 is 3.20 bits per heavy atom. The molecular formula is C6H9N3O. The van der Waals surface area contributed by atoms with Gasteiger partial charge in [-0.1, -0.05) is 11.7 Å². The van der Waals surface area contributed by atoms with Crippen LogP contribution in [-0.4, -0.2) is 12.2 Å². The Bertz CT molecular complexity index is 219. The van der Waals surface area contributed by atoms with Crippen molar-refractivity contribution in [2.75, 3.05) is 12.5 Å². The maximum absolute atomic E-state index is 4.67. The average Bonchev–Trinajstić information content (AvgIpc) is 2.36. The first kappa shape index (κ1) is 6.82. The van der Waals surface area contributed by atoms with E-state index in [2.05, 4.69) is 27.1 Å². The van der Waals surface area contributed by atoms with Crippen molar-refractivity contribution in [1.82, 2.24) is 10.6 Å². The maximum atomic E-state index is 4.67. The summed E-state index contributed by atoms with van der Waals surface area (Å²) >= 11 is 0. The highest BCUT2D eigenvalue weighted by atomic mass is 16.5. The van der Waals surface area contributed by atoms with Crippen LogP contribution in [0.25, 0.3) is 6.08 Å². The van der Waals surface area contributed by atoms with Crippen LogP contribution >= 0.6 is 0 Å². The lowest BCUT2D eigenvalue weighted by Gasteiger charge is -1.97. The molecule has 0 spiro atoms. The number of rotatable bonds is 3. The van der Waals surface area contributed by atoms with E-state index in [0.717, 1.165) is 5.69 Å². The van der Waals surface area contributed by atoms with Crippen molar-refractivity contribution in [3.8, 4) is 0 Å². The predicted molar refractivity (Wildman–Crippen MR) is 39.3 cm³/mol. The molecule has 0 fully saturated rings. The van der Waals surface area contributed by atoms with Gasteiger partial charge in [-0.25, -0.2) is 5.43 Å². The van der Waals surface area contributed by atoms with Crippen molar-refractivity contribution in [3.05, 3.63) is 18.5 Å². The second-order valence-electron chi connectivity index (χ2n) is 1.69. The Kier molecular flexibility index (Phi) is 2.07. The molecule has 10 heavy (non-hydrogen) atoms. The molecule has 0 aliphatic rings. The second-order valence-corrected chi connectivity index (χ2v) is 1.69. The van der Waals surface area contributed by atoms with Crippen LogP contribution in [0.5, 0.6) is 0 Å². The molecule has 0 atom stereocenters. The summed E-state index contributed by atoms with van der Waals surface area (Å²) in [6, 6.07) is 0. The maximum Gasteiger partial charge on any atom is 0.148 e. The standard InChI is InChI=1S/C6H9N3O/c1-3-5-6(8-7-2)4-10-9-5/h3-4,7-8H,1H2,2H3. The van der Waals surface area contributed by atoms with Crippen LogP contribution in [0.4, 0.5) is 5.69 Å². The fourth-order valence-electron chi connectivity index (χ4n) is 0.621. The summed E-state index contributed by atoms with van der Waals surface area (Å²) < 4.78 is 4.67. The van der Waals surface area contributed by atoms with Gasteiger partial charge < -0.3 is 9.95 Å². The number of hydrogen-bond donors (Lipinski definition) is 2. The lowest BCUT2D eigenvalue weighted by atomic mass is 10.4. The quantitative estimate of drug-likeness (QED) is 0.610. The van der Waals surface area contributed by atoms with Crippen molar-refractivity contribution in [1.29, 1.82) is 0 Å². The summed E-state index contributed by atoms with van der Waals surface area (Å²) in [5.74, 6) is 0. The summed E-state index contributed by atoms with van der Waals surface area (Å²) in [4.78, 5) is 0. The molecule has 4 heteroatoms. The summed E-state index contributed by atoms with van der Waals surface area (Å²) in [7, 11) is 1.76. The van der Waals surface area contributed by atoms with E-state index >= 15 is 0 Å². The van der Waals surface area contributed by atoms with Gasteiger partial charge in [0.1, 0.15) is 17.6 Å². The summed E-state index contributed by atoms with van der Waals surface area (Å²) in [5.41, 5.74) is 7.07. The van der Waals surface area contributed by atoms with Gasteiger partial charge in [0.25, 0.3) is 0 Å². The molecule has 0 saturated carbocycles. The van der Waals surface area contributed by atoms with Gasteiger partial charge in [-0.15, -0.1) is 0 Å². The highest BCUT2D eigenvalue weighted by molar-refractivity contribution is 5.59. The Hall–Kier alpha value is -1.29. The largest absolute Gasteiger partial charge is 0.362 e. The summed E-state index contributed by atoms with van der Waals surface area (Å²) in [6.07, 6.45) is 3.12. The zero-order chi connectivity index (χ0) is 7.40.